The van der Waals surface area contributed by atoms with Gasteiger partial charge in [-0.05, 0) is 31.0 Å². The van der Waals surface area contributed by atoms with Gasteiger partial charge in [0.25, 0.3) is 0 Å². The van der Waals surface area contributed by atoms with Gasteiger partial charge in [-0.3, -0.25) is 14.9 Å². The molecule has 1 aliphatic carbocycles. The average molecular weight is 437 g/mol. The molecule has 0 aliphatic heterocycles. The predicted octanol–water partition coefficient (Wildman–Crippen LogP) is 4.26. The van der Waals surface area contributed by atoms with E-state index in [1.165, 1.54) is 12.5 Å². The summed E-state index contributed by atoms with van der Waals surface area (Å²) in [5, 5.41) is 14.3. The topological polar surface area (TPSA) is 99.3 Å². The molecule has 1 aliphatic rings. The molecule has 1 N–H and O–H groups in total. The quantitative estimate of drug-likeness (QED) is 0.399. The first kappa shape index (κ1) is 21.8. The number of aromatic nitrogens is 2. The summed E-state index contributed by atoms with van der Waals surface area (Å²) < 4.78 is 7.80. The number of imidazole rings is 1. The zero-order chi connectivity index (χ0) is 22.3. The highest BCUT2D eigenvalue weighted by Crippen LogP contribution is 2.26. The molecule has 1 aromatic heterocycles. The predicted molar refractivity (Wildman–Crippen MR) is 122 cm³/mol. The van der Waals surface area contributed by atoms with Crippen molar-refractivity contribution in [2.75, 3.05) is 13.2 Å². The number of carbonyl (C=O) groups excluding carboxylic acids is 1. The van der Waals surface area contributed by atoms with E-state index in [1.807, 2.05) is 24.3 Å². The Morgan fingerprint density at radius 3 is 2.69 bits per heavy atom. The molecule has 4 rings (SSSR count). The van der Waals surface area contributed by atoms with E-state index in [-0.39, 0.29) is 29.9 Å². The van der Waals surface area contributed by atoms with Gasteiger partial charge >= 0.3 is 5.69 Å². The lowest BCUT2D eigenvalue weighted by atomic mass is 9.89. The standard InChI is InChI=1S/C24H28N4O4/c29-24(18-8-2-1-3-9-18)25-15-14-23-26-19-10-4-5-11-20(19)27(23)16-17-32-22-13-7-6-12-21(22)28(30)31/h4-7,10-13,18H,1-3,8-9,14-17H2,(H,25,29). The molecule has 0 atom stereocenters. The van der Waals surface area contributed by atoms with Gasteiger partial charge in [0, 0.05) is 24.9 Å². The molecule has 3 aromatic rings. The molecular weight excluding hydrogens is 408 g/mol. The first-order valence-electron chi connectivity index (χ1n) is 11.2. The molecule has 0 radical (unpaired) electrons. The van der Waals surface area contributed by atoms with Crippen molar-refractivity contribution in [3.63, 3.8) is 0 Å². The molecule has 8 heteroatoms. The van der Waals surface area contributed by atoms with Gasteiger partial charge in [-0.15, -0.1) is 0 Å². The Bertz CT molecular complexity index is 1090. The van der Waals surface area contributed by atoms with E-state index in [0.29, 0.717) is 19.5 Å². The fraction of sp³-hybridized carbons (Fsp3) is 0.417. The second-order valence-electron chi connectivity index (χ2n) is 8.12. The normalized spacial score (nSPS) is 14.4. The second kappa shape index (κ2) is 10.3. The summed E-state index contributed by atoms with van der Waals surface area (Å²) in [7, 11) is 0. The van der Waals surface area contributed by atoms with Crippen LogP contribution in [-0.2, 0) is 17.8 Å². The molecule has 0 spiro atoms. The molecule has 0 saturated heterocycles. The maximum atomic E-state index is 12.4. The van der Waals surface area contributed by atoms with Crippen LogP contribution in [0, 0.1) is 16.0 Å². The Labute approximate surface area is 186 Å². The molecule has 2 aromatic carbocycles. The van der Waals surface area contributed by atoms with Crippen LogP contribution in [0.2, 0.25) is 0 Å². The van der Waals surface area contributed by atoms with Crippen molar-refractivity contribution in [3.8, 4) is 5.75 Å². The number of carbonyl (C=O) groups is 1. The summed E-state index contributed by atoms with van der Waals surface area (Å²) in [6, 6.07) is 14.2. The highest BCUT2D eigenvalue weighted by Gasteiger charge is 2.21. The third kappa shape index (κ3) is 5.07. The van der Waals surface area contributed by atoms with Crippen molar-refractivity contribution in [2.24, 2.45) is 5.92 Å². The van der Waals surface area contributed by atoms with Gasteiger partial charge in [0.2, 0.25) is 5.91 Å². The van der Waals surface area contributed by atoms with E-state index < -0.39 is 4.92 Å². The first-order valence-corrected chi connectivity index (χ1v) is 11.2. The van der Waals surface area contributed by atoms with Crippen LogP contribution in [0.25, 0.3) is 11.0 Å². The molecule has 168 valence electrons. The number of rotatable bonds is 9. The van der Waals surface area contributed by atoms with Crippen LogP contribution in [0.5, 0.6) is 5.75 Å². The summed E-state index contributed by atoms with van der Waals surface area (Å²) in [6.07, 6.45) is 6.06. The maximum Gasteiger partial charge on any atom is 0.310 e. The lowest BCUT2D eigenvalue weighted by Crippen LogP contribution is -2.33. The van der Waals surface area contributed by atoms with E-state index >= 15 is 0 Å². The zero-order valence-electron chi connectivity index (χ0n) is 18.0. The number of hydrogen-bond acceptors (Lipinski definition) is 5. The number of hydrogen-bond donors (Lipinski definition) is 1. The first-order chi connectivity index (χ1) is 15.6. The SMILES string of the molecule is O=C(NCCc1nc2ccccc2n1CCOc1ccccc1[N+](=O)[O-])C1CCCCC1. The van der Waals surface area contributed by atoms with Crippen molar-refractivity contribution >= 4 is 22.6 Å². The van der Waals surface area contributed by atoms with E-state index in [1.54, 1.807) is 18.2 Å². The van der Waals surface area contributed by atoms with Crippen LogP contribution in [0.4, 0.5) is 5.69 Å². The number of amides is 1. The van der Waals surface area contributed by atoms with Crippen LogP contribution >= 0.6 is 0 Å². The minimum Gasteiger partial charge on any atom is -0.485 e. The Hall–Kier alpha value is -3.42. The highest BCUT2D eigenvalue weighted by molar-refractivity contribution is 5.78. The molecule has 32 heavy (non-hydrogen) atoms. The van der Waals surface area contributed by atoms with Crippen LogP contribution in [0.3, 0.4) is 0 Å². The molecule has 1 heterocycles. The lowest BCUT2D eigenvalue weighted by molar-refractivity contribution is -0.385. The summed E-state index contributed by atoms with van der Waals surface area (Å²) in [6.45, 7) is 1.30. The maximum absolute atomic E-state index is 12.4. The van der Waals surface area contributed by atoms with Crippen LogP contribution < -0.4 is 10.1 Å². The minimum absolute atomic E-state index is 0.0476. The van der Waals surface area contributed by atoms with Crippen molar-refractivity contribution in [2.45, 2.75) is 45.1 Å². The van der Waals surface area contributed by atoms with Crippen molar-refractivity contribution in [3.05, 3.63) is 64.5 Å². The third-order valence-corrected chi connectivity index (χ3v) is 5.99. The van der Waals surface area contributed by atoms with Crippen LogP contribution in [0.15, 0.2) is 48.5 Å². The molecule has 1 amide bonds. The Kier molecular flexibility index (Phi) is 6.99. The van der Waals surface area contributed by atoms with E-state index in [2.05, 4.69) is 9.88 Å². The number of ether oxygens (including phenoxy) is 1. The largest absolute Gasteiger partial charge is 0.485 e. The number of nitrogens with zero attached hydrogens (tertiary/aromatic N) is 3. The Morgan fingerprint density at radius 1 is 1.12 bits per heavy atom. The summed E-state index contributed by atoms with van der Waals surface area (Å²) in [5.74, 6) is 1.40. The minimum atomic E-state index is -0.442. The second-order valence-corrected chi connectivity index (χ2v) is 8.12. The number of nitro groups is 1. The van der Waals surface area contributed by atoms with Crippen LogP contribution in [0.1, 0.15) is 37.9 Å². The fourth-order valence-electron chi connectivity index (χ4n) is 4.35. The number of nitro benzene ring substituents is 1. The number of nitrogens with one attached hydrogen (secondary N) is 1. The van der Waals surface area contributed by atoms with Gasteiger partial charge in [0.05, 0.1) is 22.5 Å². The Balaban J connectivity index is 1.41. The van der Waals surface area contributed by atoms with Crippen molar-refractivity contribution in [1.82, 2.24) is 14.9 Å². The van der Waals surface area contributed by atoms with Crippen LogP contribution in [-0.4, -0.2) is 33.5 Å². The molecular formula is C24H28N4O4. The van der Waals surface area contributed by atoms with Gasteiger partial charge < -0.3 is 14.6 Å². The molecule has 1 saturated carbocycles. The summed E-state index contributed by atoms with van der Waals surface area (Å²) in [4.78, 5) is 28.0. The van der Waals surface area contributed by atoms with Crippen molar-refractivity contribution in [1.29, 1.82) is 0 Å². The molecule has 0 bridgehead atoms. The Morgan fingerprint density at radius 2 is 1.88 bits per heavy atom. The molecule has 0 unspecified atom stereocenters. The highest BCUT2D eigenvalue weighted by atomic mass is 16.6. The monoisotopic (exact) mass is 436 g/mol. The third-order valence-electron chi connectivity index (χ3n) is 5.99. The van der Waals surface area contributed by atoms with E-state index in [4.69, 9.17) is 9.72 Å². The van der Waals surface area contributed by atoms with Gasteiger partial charge in [0.1, 0.15) is 12.4 Å². The summed E-state index contributed by atoms with van der Waals surface area (Å²) >= 11 is 0. The fourth-order valence-corrected chi connectivity index (χ4v) is 4.35. The van der Waals surface area contributed by atoms with Gasteiger partial charge in [-0.25, -0.2) is 4.98 Å². The molecule has 8 nitrogen and oxygen atoms in total. The van der Waals surface area contributed by atoms with E-state index in [0.717, 1.165) is 42.5 Å². The number of fused-ring (bicyclic) bond motifs is 1. The number of benzene rings is 2. The van der Waals surface area contributed by atoms with Gasteiger partial charge in [-0.2, -0.15) is 0 Å². The smallest absolute Gasteiger partial charge is 0.310 e. The number of para-hydroxylation sites is 4. The van der Waals surface area contributed by atoms with Gasteiger partial charge in [0.15, 0.2) is 5.75 Å². The summed E-state index contributed by atoms with van der Waals surface area (Å²) in [5.41, 5.74) is 1.81. The molecule has 1 fully saturated rings. The lowest BCUT2D eigenvalue weighted by Gasteiger charge is -2.20. The average Bonchev–Trinajstić information content (AvgIpc) is 3.17. The zero-order valence-corrected chi connectivity index (χ0v) is 18.0. The van der Waals surface area contributed by atoms with Crippen molar-refractivity contribution < 1.29 is 14.5 Å². The van der Waals surface area contributed by atoms with Gasteiger partial charge in [-0.1, -0.05) is 43.5 Å². The van der Waals surface area contributed by atoms with E-state index in [9.17, 15) is 14.9 Å².